The number of allylic oxidation sites excluding steroid dienone is 1. The summed E-state index contributed by atoms with van der Waals surface area (Å²) in [6.07, 6.45) is -2.22. The molecule has 67 heavy (non-hydrogen) atoms. The van der Waals surface area contributed by atoms with Crippen LogP contribution in [0.15, 0.2) is 207 Å². The van der Waals surface area contributed by atoms with Crippen molar-refractivity contribution < 1.29 is 42.6 Å². The van der Waals surface area contributed by atoms with Crippen molar-refractivity contribution in [1.82, 2.24) is 0 Å². The van der Waals surface area contributed by atoms with Gasteiger partial charge in [-0.15, -0.1) is 6.58 Å². The second-order valence-electron chi connectivity index (χ2n) is 16.6. The van der Waals surface area contributed by atoms with E-state index < -0.39 is 48.8 Å². The third kappa shape index (κ3) is 15.7. The predicted octanol–water partition coefficient (Wildman–Crippen LogP) is 11.2. The fraction of sp³-hybridized carbons (Fsp3) is 0.310. The molecule has 6 aromatic rings. The van der Waals surface area contributed by atoms with Gasteiger partial charge in [0.25, 0.3) is 0 Å². The summed E-state index contributed by atoms with van der Waals surface area (Å²) in [4.78, 5) is 0. The van der Waals surface area contributed by atoms with Gasteiger partial charge in [0.2, 0.25) is 0 Å². The molecule has 1 aliphatic heterocycles. The van der Waals surface area contributed by atoms with Crippen molar-refractivity contribution in [2.24, 2.45) is 5.92 Å². The first-order valence-electron chi connectivity index (χ1n) is 23.1. The molecule has 8 atom stereocenters. The molecule has 0 N–H and O–H groups in total. The molecule has 9 heteroatoms. The molecule has 6 aromatic carbocycles. The summed E-state index contributed by atoms with van der Waals surface area (Å²) in [5.41, 5.74) is 6.17. The van der Waals surface area contributed by atoms with Crippen LogP contribution < -0.4 is 0 Å². The number of ether oxygens (including phenoxy) is 9. The van der Waals surface area contributed by atoms with Gasteiger partial charge in [0.05, 0.1) is 64.7 Å². The Bertz CT molecular complexity index is 2260. The highest BCUT2D eigenvalue weighted by molar-refractivity contribution is 5.18. The fourth-order valence-electron chi connectivity index (χ4n) is 8.19. The van der Waals surface area contributed by atoms with Crippen molar-refractivity contribution in [3.05, 3.63) is 240 Å². The lowest BCUT2D eigenvalue weighted by Gasteiger charge is -2.46. The molecular formula is C58H64O9. The van der Waals surface area contributed by atoms with Gasteiger partial charge < -0.3 is 42.6 Å². The second kappa shape index (κ2) is 27.2. The van der Waals surface area contributed by atoms with Crippen LogP contribution in [0.2, 0.25) is 0 Å². The minimum absolute atomic E-state index is 0.166. The van der Waals surface area contributed by atoms with E-state index in [4.69, 9.17) is 42.6 Å². The Morgan fingerprint density at radius 1 is 0.537 bits per heavy atom. The standard InChI is InChI=1S/C58H64O9/c1-4-52(62-38-47-27-15-7-16-28-47)56(64-40-49-31-19-9-20-32-49)53(42-60-36-45-23-11-5-12-24-45)66-44(2)35-51-55(63-39-48-29-17-8-18-30-48)57(65-41-50-33-21-10-22-34-50)54(67-58(51)59-3)43-61-37-46-25-13-6-14-26-46/h4-34,51-58H,1-2,35-43H2,3H3/t51-,52+,53+,54+,55+,56-,57+,58-/m0/s1. The van der Waals surface area contributed by atoms with E-state index in [1.807, 2.05) is 170 Å². The van der Waals surface area contributed by atoms with Gasteiger partial charge in [-0.2, -0.15) is 0 Å². The Morgan fingerprint density at radius 3 is 1.42 bits per heavy atom. The highest BCUT2D eigenvalue weighted by Gasteiger charge is 2.48. The van der Waals surface area contributed by atoms with Gasteiger partial charge in [-0.05, 0) is 33.4 Å². The Kier molecular flexibility index (Phi) is 20.0. The van der Waals surface area contributed by atoms with E-state index in [0.29, 0.717) is 51.8 Å². The fourth-order valence-corrected chi connectivity index (χ4v) is 8.19. The largest absolute Gasteiger partial charge is 0.490 e. The summed E-state index contributed by atoms with van der Waals surface area (Å²) in [7, 11) is 1.65. The van der Waals surface area contributed by atoms with Crippen LogP contribution in [0.25, 0.3) is 0 Å². The summed E-state index contributed by atoms with van der Waals surface area (Å²) < 4.78 is 60.0. The van der Waals surface area contributed by atoms with Gasteiger partial charge in [-0.1, -0.05) is 195 Å². The Balaban J connectivity index is 1.17. The summed E-state index contributed by atoms with van der Waals surface area (Å²) in [6.45, 7) is 11.3. The number of hydrogen-bond acceptors (Lipinski definition) is 9. The monoisotopic (exact) mass is 904 g/mol. The molecular weight excluding hydrogens is 841 g/mol. The van der Waals surface area contributed by atoms with E-state index in [9.17, 15) is 0 Å². The number of rotatable bonds is 28. The topological polar surface area (TPSA) is 83.1 Å². The minimum Gasteiger partial charge on any atom is -0.490 e. The molecule has 0 saturated carbocycles. The number of hydrogen-bond donors (Lipinski definition) is 0. The molecule has 350 valence electrons. The zero-order valence-corrected chi connectivity index (χ0v) is 38.5. The van der Waals surface area contributed by atoms with E-state index in [1.165, 1.54) is 0 Å². The molecule has 0 spiro atoms. The Morgan fingerprint density at radius 2 is 0.955 bits per heavy atom. The average molecular weight is 905 g/mol. The van der Waals surface area contributed by atoms with Crippen molar-refractivity contribution in [3.8, 4) is 0 Å². The maximum absolute atomic E-state index is 6.98. The second-order valence-corrected chi connectivity index (χ2v) is 16.6. The van der Waals surface area contributed by atoms with Gasteiger partial charge in [-0.25, -0.2) is 0 Å². The van der Waals surface area contributed by atoms with Crippen LogP contribution >= 0.6 is 0 Å². The summed E-state index contributed by atoms with van der Waals surface area (Å²) >= 11 is 0. The molecule has 9 nitrogen and oxygen atoms in total. The van der Waals surface area contributed by atoms with Crippen molar-refractivity contribution in [2.75, 3.05) is 20.3 Å². The smallest absolute Gasteiger partial charge is 0.163 e. The lowest BCUT2D eigenvalue weighted by Crippen LogP contribution is -2.58. The first kappa shape index (κ1) is 49.2. The van der Waals surface area contributed by atoms with Crippen LogP contribution in [0, 0.1) is 5.92 Å². The van der Waals surface area contributed by atoms with Crippen LogP contribution in [0.3, 0.4) is 0 Å². The van der Waals surface area contributed by atoms with Crippen LogP contribution in [0.4, 0.5) is 0 Å². The van der Waals surface area contributed by atoms with Crippen molar-refractivity contribution in [2.45, 2.75) is 89.0 Å². The molecule has 0 aromatic heterocycles. The zero-order chi connectivity index (χ0) is 46.3. The molecule has 0 bridgehead atoms. The normalized spacial score (nSPS) is 19.5. The highest BCUT2D eigenvalue weighted by Crippen LogP contribution is 2.37. The Hall–Kier alpha value is -5.72. The van der Waals surface area contributed by atoms with Crippen molar-refractivity contribution in [3.63, 3.8) is 0 Å². The molecule has 7 rings (SSSR count). The van der Waals surface area contributed by atoms with E-state index in [0.717, 1.165) is 33.4 Å². The van der Waals surface area contributed by atoms with Gasteiger partial charge in [0.15, 0.2) is 12.4 Å². The van der Waals surface area contributed by atoms with Crippen LogP contribution in [-0.2, 0) is 82.3 Å². The lowest BCUT2D eigenvalue weighted by molar-refractivity contribution is -0.300. The lowest BCUT2D eigenvalue weighted by atomic mass is 9.87. The van der Waals surface area contributed by atoms with Crippen LogP contribution in [0.1, 0.15) is 39.8 Å². The molecule has 0 amide bonds. The maximum Gasteiger partial charge on any atom is 0.163 e. The van der Waals surface area contributed by atoms with Crippen LogP contribution in [0.5, 0.6) is 0 Å². The zero-order valence-electron chi connectivity index (χ0n) is 38.5. The van der Waals surface area contributed by atoms with Crippen molar-refractivity contribution in [1.29, 1.82) is 0 Å². The van der Waals surface area contributed by atoms with E-state index >= 15 is 0 Å². The Labute approximate surface area is 396 Å². The predicted molar refractivity (Wildman–Crippen MR) is 260 cm³/mol. The maximum atomic E-state index is 6.98. The summed E-state index contributed by atoms with van der Waals surface area (Å²) in [5, 5.41) is 0. The number of benzene rings is 6. The molecule has 0 unspecified atom stereocenters. The first-order chi connectivity index (χ1) is 33.1. The van der Waals surface area contributed by atoms with Crippen LogP contribution in [-0.4, -0.2) is 63.2 Å². The van der Waals surface area contributed by atoms with E-state index in [2.05, 4.69) is 25.3 Å². The molecule has 0 radical (unpaired) electrons. The van der Waals surface area contributed by atoms with E-state index in [-0.39, 0.29) is 13.2 Å². The third-order valence-electron chi connectivity index (χ3n) is 11.6. The summed E-state index contributed by atoms with van der Waals surface area (Å²) in [6, 6.07) is 60.4. The molecule has 1 aliphatic rings. The quantitative estimate of drug-likeness (QED) is 0.0353. The van der Waals surface area contributed by atoms with Gasteiger partial charge >= 0.3 is 0 Å². The summed E-state index contributed by atoms with van der Waals surface area (Å²) in [5.74, 6) is 0.0449. The highest BCUT2D eigenvalue weighted by atomic mass is 16.7. The third-order valence-corrected chi connectivity index (χ3v) is 11.6. The molecule has 1 saturated heterocycles. The van der Waals surface area contributed by atoms with Gasteiger partial charge in [0, 0.05) is 19.4 Å². The molecule has 0 aliphatic carbocycles. The minimum atomic E-state index is -0.726. The SMILES string of the molecule is C=C[C@@H](OCc1ccccc1)[C@H](OCc1ccccc1)[C@@H](COCc1ccccc1)OC(=C)C[C@@H]1[C@@H](OC)O[C@H](COCc2ccccc2)[C@@H](OCc2ccccc2)[C@@H]1OCc1ccccc1. The van der Waals surface area contributed by atoms with Gasteiger partial charge in [-0.3, -0.25) is 0 Å². The number of methoxy groups -OCH3 is 1. The molecule has 1 fully saturated rings. The van der Waals surface area contributed by atoms with E-state index in [1.54, 1.807) is 13.2 Å². The first-order valence-corrected chi connectivity index (χ1v) is 23.1. The van der Waals surface area contributed by atoms with Crippen molar-refractivity contribution >= 4 is 0 Å². The molecule has 1 heterocycles. The van der Waals surface area contributed by atoms with Gasteiger partial charge in [0.1, 0.15) is 24.4 Å². The average Bonchev–Trinajstić information content (AvgIpc) is 3.38.